The molecule has 1 aromatic carbocycles. The average Bonchev–Trinajstić information content (AvgIpc) is 2.79. The van der Waals surface area contributed by atoms with Gasteiger partial charge in [-0.2, -0.15) is 4.40 Å². The first kappa shape index (κ1) is 11.7. The third-order valence-corrected chi connectivity index (χ3v) is 3.28. The molecule has 0 fully saturated rings. The molecule has 5 heteroatoms. The molecule has 0 saturated heterocycles. The fourth-order valence-electron chi connectivity index (χ4n) is 2.12. The van der Waals surface area contributed by atoms with E-state index in [9.17, 15) is 0 Å². The maximum atomic E-state index is 8.73. The van der Waals surface area contributed by atoms with E-state index in [1.807, 2.05) is 53.1 Å². The summed E-state index contributed by atoms with van der Waals surface area (Å²) in [6.45, 7) is 0. The molecule has 0 aliphatic carbocycles. The fraction of sp³-hybridized carbons (Fsp3) is 0. The van der Waals surface area contributed by atoms with Gasteiger partial charge in [0, 0.05) is 0 Å². The number of halogens is 1. The van der Waals surface area contributed by atoms with E-state index in [-0.39, 0.29) is 0 Å². The molecule has 3 aromatic rings. The first-order chi connectivity index (χ1) is 9.31. The maximum absolute atomic E-state index is 8.73. The minimum absolute atomic E-state index is 0.662. The first-order valence-corrected chi connectivity index (χ1v) is 6.14. The van der Waals surface area contributed by atoms with Crippen molar-refractivity contribution in [3.05, 3.63) is 59.4 Å². The maximum Gasteiger partial charge on any atom is 0.293 e. The van der Waals surface area contributed by atoms with E-state index in [1.165, 1.54) is 6.21 Å². The molecule has 3 rings (SSSR count). The Morgan fingerprint density at radius 3 is 2.74 bits per heavy atom. The van der Waals surface area contributed by atoms with Crippen molar-refractivity contribution in [3.63, 3.8) is 0 Å². The van der Waals surface area contributed by atoms with Gasteiger partial charge in [0.1, 0.15) is 6.21 Å². The van der Waals surface area contributed by atoms with Crippen LogP contribution in [0.15, 0.2) is 53.8 Å². The summed E-state index contributed by atoms with van der Waals surface area (Å²) < 4.78 is 1.97. The second-order valence-corrected chi connectivity index (χ2v) is 4.47. The number of nitrogens with one attached hydrogen (secondary N) is 1. The van der Waals surface area contributed by atoms with Gasteiger partial charge in [-0.3, -0.25) is 0 Å². The number of aromatic amines is 1. The molecule has 0 atom stereocenters. The van der Waals surface area contributed by atoms with E-state index in [0.717, 1.165) is 22.6 Å². The molecule has 0 radical (unpaired) electrons. The summed E-state index contributed by atoms with van der Waals surface area (Å²) in [5.74, 6) is 0.844. The molecule has 4 nitrogen and oxygen atoms in total. The Morgan fingerprint density at radius 1 is 1.16 bits per heavy atom. The lowest BCUT2D eigenvalue weighted by atomic mass is 10.2. The van der Waals surface area contributed by atoms with Crippen LogP contribution < -0.4 is 4.40 Å². The van der Waals surface area contributed by atoms with Crippen molar-refractivity contribution in [1.29, 1.82) is 0 Å². The number of aromatic nitrogens is 2. The number of oxime groups is 1. The van der Waals surface area contributed by atoms with Crippen molar-refractivity contribution in [3.8, 4) is 11.4 Å². The fourth-order valence-corrected chi connectivity index (χ4v) is 2.34. The molecule has 0 amide bonds. The zero-order chi connectivity index (χ0) is 13.2. The SMILES string of the molecule is ON=Cc1[nH]c(-c2ccccc2Cl)[n+]2ccccc12. The molecule has 19 heavy (non-hydrogen) atoms. The number of H-pyrrole nitrogens is 1. The number of benzene rings is 1. The minimum Gasteiger partial charge on any atom is -0.411 e. The van der Waals surface area contributed by atoms with Crippen molar-refractivity contribution < 1.29 is 9.61 Å². The van der Waals surface area contributed by atoms with Gasteiger partial charge in [0.2, 0.25) is 0 Å². The standard InChI is InChI=1S/C14H10ClN3O/c15-11-6-2-1-5-10(11)14-17-12(9-16-19)13-7-3-4-8-18(13)14/h1-9,19H/p+1. The van der Waals surface area contributed by atoms with Crippen LogP contribution in [0, 0.1) is 0 Å². The summed E-state index contributed by atoms with van der Waals surface area (Å²) >= 11 is 6.23. The molecule has 2 heterocycles. The summed E-state index contributed by atoms with van der Waals surface area (Å²) in [4.78, 5) is 3.22. The molecular formula is C14H11ClN3O+. The number of hydrogen-bond donors (Lipinski definition) is 2. The average molecular weight is 273 g/mol. The van der Waals surface area contributed by atoms with Gasteiger partial charge in [0.15, 0.2) is 11.2 Å². The molecule has 2 aromatic heterocycles. The molecular weight excluding hydrogens is 262 g/mol. The number of pyridine rings is 1. The summed E-state index contributed by atoms with van der Waals surface area (Å²) in [6, 6.07) is 13.4. The van der Waals surface area contributed by atoms with Gasteiger partial charge in [0.25, 0.3) is 5.82 Å². The molecule has 2 N–H and O–H groups in total. The monoisotopic (exact) mass is 272 g/mol. The van der Waals surface area contributed by atoms with Crippen LogP contribution in [0.25, 0.3) is 16.9 Å². The van der Waals surface area contributed by atoms with E-state index in [0.29, 0.717) is 5.02 Å². The zero-order valence-electron chi connectivity index (χ0n) is 9.92. The normalized spacial score (nSPS) is 11.4. The van der Waals surface area contributed by atoms with Crippen LogP contribution in [0.4, 0.5) is 0 Å². The zero-order valence-corrected chi connectivity index (χ0v) is 10.7. The largest absolute Gasteiger partial charge is 0.411 e. The van der Waals surface area contributed by atoms with E-state index in [2.05, 4.69) is 10.1 Å². The lowest BCUT2D eigenvalue weighted by Gasteiger charge is -1.97. The summed E-state index contributed by atoms with van der Waals surface area (Å²) in [7, 11) is 0. The Balaban J connectivity index is 2.33. The van der Waals surface area contributed by atoms with Gasteiger partial charge in [-0.15, -0.1) is 0 Å². The predicted molar refractivity (Wildman–Crippen MR) is 73.8 cm³/mol. The predicted octanol–water partition coefficient (Wildman–Crippen LogP) is 2.88. The quantitative estimate of drug-likeness (QED) is 0.320. The Labute approximate surface area is 114 Å². The van der Waals surface area contributed by atoms with Crippen LogP contribution in [-0.4, -0.2) is 16.4 Å². The third kappa shape index (κ3) is 1.96. The highest BCUT2D eigenvalue weighted by molar-refractivity contribution is 6.33. The lowest BCUT2D eigenvalue weighted by molar-refractivity contribution is -0.498. The highest BCUT2D eigenvalue weighted by atomic mass is 35.5. The highest BCUT2D eigenvalue weighted by Crippen LogP contribution is 2.24. The van der Waals surface area contributed by atoms with E-state index >= 15 is 0 Å². The van der Waals surface area contributed by atoms with Crippen LogP contribution in [0.5, 0.6) is 0 Å². The van der Waals surface area contributed by atoms with Gasteiger partial charge >= 0.3 is 0 Å². The second kappa shape index (κ2) is 4.74. The number of imidazole rings is 1. The lowest BCUT2D eigenvalue weighted by Crippen LogP contribution is -2.21. The number of nitrogens with zero attached hydrogens (tertiary/aromatic N) is 2. The summed E-state index contributed by atoms with van der Waals surface area (Å²) in [6.07, 6.45) is 3.30. The number of hydrogen-bond acceptors (Lipinski definition) is 2. The van der Waals surface area contributed by atoms with Crippen LogP contribution in [0.3, 0.4) is 0 Å². The Kier molecular flexibility index (Phi) is 2.93. The topological polar surface area (TPSA) is 52.5 Å². The van der Waals surface area contributed by atoms with Crippen LogP contribution in [-0.2, 0) is 0 Å². The van der Waals surface area contributed by atoms with Gasteiger partial charge in [-0.25, -0.2) is 4.98 Å². The van der Waals surface area contributed by atoms with Crippen molar-refractivity contribution >= 4 is 23.3 Å². The van der Waals surface area contributed by atoms with Gasteiger partial charge in [0.05, 0.1) is 16.8 Å². The molecule has 0 aliphatic heterocycles. The van der Waals surface area contributed by atoms with Crippen LogP contribution in [0.1, 0.15) is 5.69 Å². The van der Waals surface area contributed by atoms with E-state index in [1.54, 1.807) is 0 Å². The van der Waals surface area contributed by atoms with Gasteiger partial charge in [-0.1, -0.05) is 35.0 Å². The summed E-state index contributed by atoms with van der Waals surface area (Å²) in [5, 5.41) is 12.5. The van der Waals surface area contributed by atoms with E-state index in [4.69, 9.17) is 16.8 Å². The van der Waals surface area contributed by atoms with Crippen molar-refractivity contribution in [2.45, 2.75) is 0 Å². The highest BCUT2D eigenvalue weighted by Gasteiger charge is 2.20. The Morgan fingerprint density at radius 2 is 1.95 bits per heavy atom. The van der Waals surface area contributed by atoms with Crippen molar-refractivity contribution in [2.75, 3.05) is 0 Å². The first-order valence-electron chi connectivity index (χ1n) is 5.76. The second-order valence-electron chi connectivity index (χ2n) is 4.07. The van der Waals surface area contributed by atoms with Gasteiger partial charge in [-0.05, 0) is 24.3 Å². The molecule has 0 saturated carbocycles. The third-order valence-electron chi connectivity index (χ3n) is 2.95. The van der Waals surface area contributed by atoms with Crippen LogP contribution >= 0.6 is 11.6 Å². The Hall–Kier alpha value is -2.33. The Bertz CT molecular complexity index is 764. The molecule has 0 bridgehead atoms. The van der Waals surface area contributed by atoms with Crippen molar-refractivity contribution in [1.82, 2.24) is 4.98 Å². The number of fused-ring (bicyclic) bond motifs is 1. The van der Waals surface area contributed by atoms with Crippen LogP contribution in [0.2, 0.25) is 5.02 Å². The molecule has 0 spiro atoms. The molecule has 94 valence electrons. The molecule has 0 aliphatic rings. The van der Waals surface area contributed by atoms with Gasteiger partial charge < -0.3 is 5.21 Å². The number of rotatable bonds is 2. The smallest absolute Gasteiger partial charge is 0.293 e. The summed E-state index contributed by atoms with van der Waals surface area (Å²) in [5.41, 5.74) is 2.52. The van der Waals surface area contributed by atoms with Crippen molar-refractivity contribution in [2.24, 2.45) is 5.16 Å². The molecule has 0 unspecified atom stereocenters. The van der Waals surface area contributed by atoms with E-state index < -0.39 is 0 Å². The minimum atomic E-state index is 0.662.